The Bertz CT molecular complexity index is 654. The fraction of sp³-hybridized carbons (Fsp3) is 0.143. The van der Waals surface area contributed by atoms with Crippen LogP contribution in [0.2, 0.25) is 0 Å². The van der Waals surface area contributed by atoms with E-state index in [1.165, 1.54) is 0 Å². The molecule has 0 aliphatic heterocycles. The molecule has 0 bridgehead atoms. The van der Waals surface area contributed by atoms with Crippen molar-refractivity contribution in [3.63, 3.8) is 0 Å². The molecule has 2 nitrogen and oxygen atoms in total. The fourth-order valence-corrected chi connectivity index (χ4v) is 3.70. The molecule has 5 heteroatoms. The Morgan fingerprint density at radius 2 is 1.53 bits per heavy atom. The molecule has 0 radical (unpaired) electrons. The summed E-state index contributed by atoms with van der Waals surface area (Å²) in [4.78, 5) is 0. The van der Waals surface area contributed by atoms with Crippen LogP contribution in [0, 0.1) is 0 Å². The van der Waals surface area contributed by atoms with Gasteiger partial charge in [-0.1, -0.05) is 54.6 Å². The third-order valence-corrected chi connectivity index (χ3v) is 4.41. The molecule has 0 heterocycles. The van der Waals surface area contributed by atoms with Crippen molar-refractivity contribution in [1.29, 1.82) is 0 Å². The molecule has 2 rings (SSSR count). The van der Waals surface area contributed by atoms with Crippen LogP contribution in [0.1, 0.15) is 10.9 Å². The lowest BCUT2D eigenvalue weighted by Crippen LogP contribution is -2.06. The van der Waals surface area contributed by atoms with Gasteiger partial charge in [0.05, 0.1) is 11.1 Å². The molecule has 0 fully saturated rings. The summed E-state index contributed by atoms with van der Waals surface area (Å²) in [5.41, 5.74) is 2.68. The van der Waals surface area contributed by atoms with Crippen LogP contribution in [0.4, 0.5) is 0 Å². The molecule has 0 spiro atoms. The van der Waals surface area contributed by atoms with Crippen LogP contribution in [-0.4, -0.2) is 14.2 Å². The highest BCUT2D eigenvalue weighted by Gasteiger charge is 2.19. The molecule has 0 aliphatic rings. The van der Waals surface area contributed by atoms with Gasteiger partial charge in [0.25, 0.3) is 0 Å². The molecule has 0 saturated heterocycles. The van der Waals surface area contributed by atoms with E-state index in [4.69, 9.17) is 22.3 Å². The van der Waals surface area contributed by atoms with Crippen molar-refractivity contribution in [3.8, 4) is 11.1 Å². The Labute approximate surface area is 122 Å². The highest BCUT2D eigenvalue weighted by atomic mass is 35.7. The van der Waals surface area contributed by atoms with Gasteiger partial charge in [-0.05, 0) is 16.7 Å². The Morgan fingerprint density at radius 1 is 0.947 bits per heavy atom. The SMILES string of the molecule is O=S(=O)(Cl)CC(Cl)c1ccccc1-c1ccccc1. The van der Waals surface area contributed by atoms with Gasteiger partial charge in [-0.15, -0.1) is 11.6 Å². The summed E-state index contributed by atoms with van der Waals surface area (Å²) in [5.74, 6) is -0.292. The number of hydrogen-bond donors (Lipinski definition) is 0. The average Bonchev–Trinajstić information content (AvgIpc) is 2.38. The summed E-state index contributed by atoms with van der Waals surface area (Å²) >= 11 is 6.18. The van der Waals surface area contributed by atoms with E-state index in [0.29, 0.717) is 0 Å². The van der Waals surface area contributed by atoms with Crippen LogP contribution in [0.25, 0.3) is 11.1 Å². The highest BCUT2D eigenvalue weighted by Crippen LogP contribution is 2.32. The minimum atomic E-state index is -3.63. The first-order valence-electron chi connectivity index (χ1n) is 5.68. The number of halogens is 2. The Kier molecular flexibility index (Phi) is 4.50. The molecular weight excluding hydrogens is 303 g/mol. The number of alkyl halides is 1. The molecule has 100 valence electrons. The van der Waals surface area contributed by atoms with E-state index in [1.54, 1.807) is 0 Å². The Morgan fingerprint density at radius 3 is 2.16 bits per heavy atom. The molecular formula is C14H12Cl2O2S. The summed E-state index contributed by atoms with van der Waals surface area (Å²) in [6.07, 6.45) is 0. The second-order valence-corrected chi connectivity index (χ2v) is 7.47. The number of hydrogen-bond acceptors (Lipinski definition) is 2. The normalized spacial score (nSPS) is 13.2. The molecule has 19 heavy (non-hydrogen) atoms. The van der Waals surface area contributed by atoms with Crippen LogP contribution in [0.5, 0.6) is 0 Å². The lowest BCUT2D eigenvalue weighted by Gasteiger charge is -2.13. The third-order valence-electron chi connectivity index (χ3n) is 2.73. The van der Waals surface area contributed by atoms with Crippen molar-refractivity contribution in [1.82, 2.24) is 0 Å². The van der Waals surface area contributed by atoms with Gasteiger partial charge in [-0.3, -0.25) is 0 Å². The van der Waals surface area contributed by atoms with Crippen LogP contribution in [-0.2, 0) is 9.05 Å². The van der Waals surface area contributed by atoms with Crippen molar-refractivity contribution in [2.45, 2.75) is 5.38 Å². The minimum Gasteiger partial charge on any atom is -0.212 e. The van der Waals surface area contributed by atoms with E-state index >= 15 is 0 Å². The third kappa shape index (κ3) is 3.96. The van der Waals surface area contributed by atoms with Gasteiger partial charge in [-0.2, -0.15) is 0 Å². The smallest absolute Gasteiger partial charge is 0.212 e. The van der Waals surface area contributed by atoms with Crippen LogP contribution in [0.3, 0.4) is 0 Å². The summed E-state index contributed by atoms with van der Waals surface area (Å²) < 4.78 is 22.3. The largest absolute Gasteiger partial charge is 0.234 e. The molecule has 0 saturated carbocycles. The summed E-state index contributed by atoms with van der Waals surface area (Å²) in [7, 11) is 1.63. The maximum Gasteiger partial charge on any atom is 0.234 e. The second-order valence-electron chi connectivity index (χ2n) is 4.13. The fourth-order valence-electron chi connectivity index (χ4n) is 1.92. The first-order chi connectivity index (χ1) is 8.97. The summed E-state index contributed by atoms with van der Waals surface area (Å²) in [6.45, 7) is 0. The van der Waals surface area contributed by atoms with Crippen LogP contribution in [0.15, 0.2) is 54.6 Å². The molecule has 0 aliphatic carbocycles. The first-order valence-corrected chi connectivity index (χ1v) is 8.59. The predicted octanol–water partition coefficient (Wildman–Crippen LogP) is 4.20. The lowest BCUT2D eigenvalue weighted by molar-refractivity contribution is 0.608. The van der Waals surface area contributed by atoms with Crippen molar-refractivity contribution in [2.75, 3.05) is 5.75 Å². The van der Waals surface area contributed by atoms with Crippen molar-refractivity contribution in [3.05, 3.63) is 60.2 Å². The van der Waals surface area contributed by atoms with Gasteiger partial charge >= 0.3 is 0 Å². The number of benzene rings is 2. The van der Waals surface area contributed by atoms with Crippen LogP contribution < -0.4 is 0 Å². The van der Waals surface area contributed by atoms with Gasteiger partial charge < -0.3 is 0 Å². The van der Waals surface area contributed by atoms with E-state index in [9.17, 15) is 8.42 Å². The maximum absolute atomic E-state index is 11.1. The first kappa shape index (κ1) is 14.4. The highest BCUT2D eigenvalue weighted by molar-refractivity contribution is 8.13. The zero-order chi connectivity index (χ0) is 13.9. The Balaban J connectivity index is 2.42. The van der Waals surface area contributed by atoms with Crippen molar-refractivity contribution in [2.24, 2.45) is 0 Å². The van der Waals surface area contributed by atoms with Crippen molar-refractivity contribution >= 4 is 31.3 Å². The second kappa shape index (κ2) is 5.95. The van der Waals surface area contributed by atoms with Gasteiger partial charge in [0.15, 0.2) is 0 Å². The zero-order valence-electron chi connectivity index (χ0n) is 9.96. The maximum atomic E-state index is 11.1. The van der Waals surface area contributed by atoms with Gasteiger partial charge in [0.1, 0.15) is 0 Å². The lowest BCUT2D eigenvalue weighted by atomic mass is 9.98. The summed E-state index contributed by atoms with van der Waals surface area (Å²) in [6, 6.07) is 17.1. The monoisotopic (exact) mass is 314 g/mol. The van der Waals surface area contributed by atoms with Crippen LogP contribution >= 0.6 is 22.3 Å². The molecule has 2 aromatic carbocycles. The van der Waals surface area contributed by atoms with E-state index < -0.39 is 14.4 Å². The minimum absolute atomic E-state index is 0.292. The molecule has 0 amide bonds. The van der Waals surface area contributed by atoms with E-state index in [2.05, 4.69) is 0 Å². The molecule has 1 atom stereocenters. The van der Waals surface area contributed by atoms with Gasteiger partial charge in [0, 0.05) is 10.7 Å². The van der Waals surface area contributed by atoms with E-state index in [1.807, 2.05) is 54.6 Å². The van der Waals surface area contributed by atoms with Gasteiger partial charge in [0.2, 0.25) is 9.05 Å². The molecule has 0 aromatic heterocycles. The number of rotatable bonds is 4. The standard InChI is InChI=1S/C14H12Cl2O2S/c15-14(10-19(16,17)18)13-9-5-4-8-12(13)11-6-2-1-3-7-11/h1-9,14H,10H2. The average molecular weight is 315 g/mol. The summed E-state index contributed by atoms with van der Waals surface area (Å²) in [5, 5.41) is -0.668. The quantitative estimate of drug-likeness (QED) is 0.626. The topological polar surface area (TPSA) is 34.1 Å². The van der Waals surface area contributed by atoms with Crippen molar-refractivity contribution < 1.29 is 8.42 Å². The zero-order valence-corrected chi connectivity index (χ0v) is 12.3. The predicted molar refractivity (Wildman–Crippen MR) is 80.1 cm³/mol. The molecule has 0 N–H and O–H groups in total. The van der Waals surface area contributed by atoms with Gasteiger partial charge in [-0.25, -0.2) is 8.42 Å². The molecule has 2 aromatic rings. The van der Waals surface area contributed by atoms with E-state index in [-0.39, 0.29) is 5.75 Å². The Hall–Kier alpha value is -1.03. The van der Waals surface area contributed by atoms with E-state index in [0.717, 1.165) is 16.7 Å². The molecule has 1 unspecified atom stereocenters.